The van der Waals surface area contributed by atoms with Crippen LogP contribution in [0.15, 0.2) is 16.6 Å². The minimum atomic E-state index is -1.12. The molecule has 0 bridgehead atoms. The maximum Gasteiger partial charge on any atom is 0.341 e. The van der Waals surface area contributed by atoms with Gasteiger partial charge >= 0.3 is 5.97 Å². The molecule has 6 heteroatoms. The van der Waals surface area contributed by atoms with Crippen molar-refractivity contribution in [1.82, 2.24) is 0 Å². The lowest BCUT2D eigenvalue weighted by Gasteiger charge is -2.13. The van der Waals surface area contributed by atoms with Gasteiger partial charge in [0.25, 0.3) is 0 Å². The molecular weight excluding hydrogens is 292 g/mol. The van der Waals surface area contributed by atoms with E-state index < -0.39 is 12.6 Å². The summed E-state index contributed by atoms with van der Waals surface area (Å²) in [6.07, 6.45) is 0.588. The number of carboxylic acids is 1. The van der Waals surface area contributed by atoms with Gasteiger partial charge in [0.05, 0.1) is 12.2 Å². The molecule has 0 unspecified atom stereocenters. The minimum Gasteiger partial charge on any atom is -0.490 e. The van der Waals surface area contributed by atoms with E-state index in [-0.39, 0.29) is 11.3 Å². The second-order valence-electron chi connectivity index (χ2n) is 3.06. The van der Waals surface area contributed by atoms with E-state index in [0.29, 0.717) is 23.1 Å². The zero-order valence-corrected chi connectivity index (χ0v) is 10.7. The van der Waals surface area contributed by atoms with Crippen LogP contribution < -0.4 is 9.47 Å². The van der Waals surface area contributed by atoms with Crippen LogP contribution in [0.4, 0.5) is 0 Å². The summed E-state index contributed by atoms with van der Waals surface area (Å²) in [5, 5.41) is 8.55. The summed E-state index contributed by atoms with van der Waals surface area (Å²) in [5.41, 5.74) is 0.240. The van der Waals surface area contributed by atoms with Gasteiger partial charge in [-0.25, -0.2) is 4.79 Å². The number of ether oxygens (including phenoxy) is 2. The molecule has 0 fully saturated rings. The summed E-state index contributed by atoms with van der Waals surface area (Å²) in [4.78, 5) is 21.3. The van der Waals surface area contributed by atoms with Crippen molar-refractivity contribution >= 4 is 28.2 Å². The molecule has 1 aromatic carbocycles. The average molecular weight is 303 g/mol. The molecule has 0 aliphatic rings. The number of carbonyl (C=O) groups excluding carboxylic acids is 1. The number of benzene rings is 1. The normalized spacial score (nSPS) is 9.76. The van der Waals surface area contributed by atoms with Gasteiger partial charge in [-0.05, 0) is 19.1 Å². The monoisotopic (exact) mass is 302 g/mol. The molecule has 0 heterocycles. The summed E-state index contributed by atoms with van der Waals surface area (Å²) in [7, 11) is 0. The Morgan fingerprint density at radius 3 is 2.71 bits per heavy atom. The van der Waals surface area contributed by atoms with E-state index in [1.54, 1.807) is 13.0 Å². The first-order valence-corrected chi connectivity index (χ1v) is 5.64. The lowest BCUT2D eigenvalue weighted by molar-refractivity contribution is -0.139. The third-order valence-electron chi connectivity index (χ3n) is 1.82. The molecule has 0 atom stereocenters. The average Bonchev–Trinajstić information content (AvgIpc) is 2.27. The Hall–Kier alpha value is -1.56. The highest BCUT2D eigenvalue weighted by atomic mass is 79.9. The second-order valence-corrected chi connectivity index (χ2v) is 3.97. The topological polar surface area (TPSA) is 72.8 Å². The van der Waals surface area contributed by atoms with Gasteiger partial charge in [0, 0.05) is 4.47 Å². The molecule has 0 amide bonds. The molecule has 0 saturated carbocycles. The first kappa shape index (κ1) is 13.5. The largest absolute Gasteiger partial charge is 0.490 e. The highest BCUT2D eigenvalue weighted by Gasteiger charge is 2.14. The Kier molecular flexibility index (Phi) is 4.96. The van der Waals surface area contributed by atoms with E-state index in [1.165, 1.54) is 6.07 Å². The summed E-state index contributed by atoms with van der Waals surface area (Å²) >= 11 is 3.23. The summed E-state index contributed by atoms with van der Waals surface area (Å²) in [6.45, 7) is 1.64. The lowest BCUT2D eigenvalue weighted by atomic mass is 10.2. The minimum absolute atomic E-state index is 0.146. The van der Waals surface area contributed by atoms with Crippen molar-refractivity contribution in [1.29, 1.82) is 0 Å². The third-order valence-corrected chi connectivity index (χ3v) is 2.27. The van der Waals surface area contributed by atoms with E-state index in [0.717, 1.165) is 0 Å². The predicted octanol–water partition coefficient (Wildman–Crippen LogP) is 2.12. The van der Waals surface area contributed by atoms with Crippen molar-refractivity contribution in [3.05, 3.63) is 22.2 Å². The lowest BCUT2D eigenvalue weighted by Crippen LogP contribution is -2.11. The molecule has 0 spiro atoms. The molecular formula is C11H11BrO5. The van der Waals surface area contributed by atoms with Crippen LogP contribution in [0.1, 0.15) is 17.3 Å². The Bertz CT molecular complexity index is 430. The number of carboxylic acid groups (broad SMARTS) is 1. The van der Waals surface area contributed by atoms with Crippen molar-refractivity contribution in [2.45, 2.75) is 6.92 Å². The molecule has 17 heavy (non-hydrogen) atoms. The van der Waals surface area contributed by atoms with Gasteiger partial charge in [0.2, 0.25) is 0 Å². The van der Waals surface area contributed by atoms with Crippen molar-refractivity contribution in [3.63, 3.8) is 0 Å². The number of rotatable bonds is 6. The highest BCUT2D eigenvalue weighted by Crippen LogP contribution is 2.34. The van der Waals surface area contributed by atoms with Crippen LogP contribution in [0.3, 0.4) is 0 Å². The first-order chi connectivity index (χ1) is 8.08. The van der Waals surface area contributed by atoms with Crippen molar-refractivity contribution in [3.8, 4) is 11.5 Å². The van der Waals surface area contributed by atoms with Gasteiger partial charge in [-0.15, -0.1) is 0 Å². The van der Waals surface area contributed by atoms with Crippen LogP contribution in [-0.2, 0) is 4.79 Å². The Labute approximate surface area is 106 Å². The Morgan fingerprint density at radius 2 is 2.18 bits per heavy atom. The highest BCUT2D eigenvalue weighted by molar-refractivity contribution is 9.10. The number of carbonyl (C=O) groups is 2. The zero-order valence-electron chi connectivity index (χ0n) is 9.10. The molecule has 0 aromatic heterocycles. The quantitative estimate of drug-likeness (QED) is 0.815. The molecule has 92 valence electrons. The van der Waals surface area contributed by atoms with Crippen LogP contribution in [0.2, 0.25) is 0 Å². The summed E-state index contributed by atoms with van der Waals surface area (Å²) < 4.78 is 11.0. The fourth-order valence-corrected chi connectivity index (χ4v) is 1.68. The fourth-order valence-electron chi connectivity index (χ4n) is 1.23. The smallest absolute Gasteiger partial charge is 0.341 e. The van der Waals surface area contributed by atoms with E-state index in [1.807, 2.05) is 0 Å². The number of halogens is 1. The first-order valence-electron chi connectivity index (χ1n) is 4.84. The van der Waals surface area contributed by atoms with E-state index in [9.17, 15) is 9.59 Å². The number of hydrogen-bond donors (Lipinski definition) is 1. The van der Waals surface area contributed by atoms with Gasteiger partial charge in [-0.3, -0.25) is 4.79 Å². The van der Waals surface area contributed by atoms with Gasteiger partial charge in [-0.1, -0.05) is 15.9 Å². The maximum atomic E-state index is 10.9. The van der Waals surface area contributed by atoms with E-state index >= 15 is 0 Å². The molecule has 5 nitrogen and oxygen atoms in total. The molecule has 1 aromatic rings. The number of aliphatic carboxylic acids is 1. The molecule has 1 N–H and O–H groups in total. The van der Waals surface area contributed by atoms with Crippen molar-refractivity contribution in [2.75, 3.05) is 13.2 Å². The SMILES string of the molecule is CCOc1cc(Br)cc(C=O)c1OCC(=O)O. The van der Waals surface area contributed by atoms with E-state index in [2.05, 4.69) is 15.9 Å². The number of hydrogen-bond acceptors (Lipinski definition) is 4. The molecule has 0 aliphatic carbocycles. The third kappa shape index (κ3) is 3.74. The van der Waals surface area contributed by atoms with Crippen LogP contribution in [-0.4, -0.2) is 30.6 Å². The molecule has 0 saturated heterocycles. The summed E-state index contributed by atoms with van der Waals surface area (Å²) in [5.74, 6) is -0.634. The molecule has 0 radical (unpaired) electrons. The van der Waals surface area contributed by atoms with Crippen LogP contribution in [0.5, 0.6) is 11.5 Å². The fraction of sp³-hybridized carbons (Fsp3) is 0.273. The van der Waals surface area contributed by atoms with Gasteiger partial charge in [0.1, 0.15) is 0 Å². The van der Waals surface area contributed by atoms with Crippen LogP contribution >= 0.6 is 15.9 Å². The standard InChI is InChI=1S/C11H11BrO5/c1-2-16-9-4-8(12)3-7(5-13)11(9)17-6-10(14)15/h3-5H,2,6H2,1H3,(H,14,15). The predicted molar refractivity (Wildman–Crippen MR) is 63.8 cm³/mol. The Morgan fingerprint density at radius 1 is 1.47 bits per heavy atom. The van der Waals surface area contributed by atoms with Gasteiger partial charge < -0.3 is 14.6 Å². The molecule has 1 rings (SSSR count). The van der Waals surface area contributed by atoms with Crippen LogP contribution in [0.25, 0.3) is 0 Å². The van der Waals surface area contributed by atoms with Crippen molar-refractivity contribution < 1.29 is 24.2 Å². The second kappa shape index (κ2) is 6.24. The zero-order chi connectivity index (χ0) is 12.8. The van der Waals surface area contributed by atoms with Gasteiger partial charge in [0.15, 0.2) is 24.4 Å². The van der Waals surface area contributed by atoms with Crippen LogP contribution in [0, 0.1) is 0 Å². The maximum absolute atomic E-state index is 10.9. The summed E-state index contributed by atoms with van der Waals surface area (Å²) in [6, 6.07) is 3.15. The number of aldehydes is 1. The van der Waals surface area contributed by atoms with E-state index in [4.69, 9.17) is 14.6 Å². The van der Waals surface area contributed by atoms with Gasteiger partial charge in [-0.2, -0.15) is 0 Å². The van der Waals surface area contributed by atoms with Crippen molar-refractivity contribution in [2.24, 2.45) is 0 Å². The Balaban J connectivity index is 3.11. The molecule has 0 aliphatic heterocycles.